The Bertz CT molecular complexity index is 756. The zero-order chi connectivity index (χ0) is 16.9. The molecule has 122 valence electrons. The van der Waals surface area contributed by atoms with Crippen LogP contribution in [0.2, 0.25) is 0 Å². The molecule has 1 aliphatic heterocycles. The Morgan fingerprint density at radius 3 is 2.54 bits per heavy atom. The van der Waals surface area contributed by atoms with Crippen molar-refractivity contribution in [3.05, 3.63) is 59.3 Å². The lowest BCUT2D eigenvalue weighted by Gasteiger charge is -2.35. The number of carbonyl (C=O) groups is 1. The van der Waals surface area contributed by atoms with Crippen LogP contribution in [0, 0.1) is 18.3 Å². The summed E-state index contributed by atoms with van der Waals surface area (Å²) in [5.41, 5.74) is 2.82. The maximum atomic E-state index is 12.5. The topological polar surface area (TPSA) is 60.2 Å². The van der Waals surface area contributed by atoms with Crippen LogP contribution in [0.1, 0.15) is 16.7 Å². The molecule has 24 heavy (non-hydrogen) atoms. The molecule has 3 rings (SSSR count). The van der Waals surface area contributed by atoms with E-state index in [4.69, 9.17) is 0 Å². The molecule has 5 nitrogen and oxygen atoms in total. The third-order valence-corrected chi connectivity index (χ3v) is 4.31. The molecule has 0 spiro atoms. The largest absolute Gasteiger partial charge is 0.352 e. The maximum Gasteiger partial charge on any atom is 0.227 e. The third kappa shape index (κ3) is 3.54. The normalized spacial score (nSPS) is 14.3. The predicted octanol–water partition coefficient (Wildman–Crippen LogP) is 2.15. The summed E-state index contributed by atoms with van der Waals surface area (Å²) in [6.07, 6.45) is 2.14. The van der Waals surface area contributed by atoms with E-state index in [2.05, 4.69) is 16.0 Å². The van der Waals surface area contributed by atoms with Gasteiger partial charge in [-0.05, 0) is 24.6 Å². The average molecular weight is 320 g/mol. The molecular formula is C19H20N4O. The minimum absolute atomic E-state index is 0.153. The van der Waals surface area contributed by atoms with Gasteiger partial charge in [0.15, 0.2) is 0 Å². The molecule has 1 aliphatic rings. The molecule has 0 N–H and O–H groups in total. The molecule has 0 unspecified atom stereocenters. The van der Waals surface area contributed by atoms with Crippen molar-refractivity contribution >= 4 is 11.7 Å². The number of carbonyl (C=O) groups excluding carboxylic acids is 1. The van der Waals surface area contributed by atoms with Gasteiger partial charge in [-0.2, -0.15) is 5.26 Å². The van der Waals surface area contributed by atoms with Gasteiger partial charge in [-0.25, -0.2) is 4.98 Å². The van der Waals surface area contributed by atoms with Crippen molar-refractivity contribution < 1.29 is 4.79 Å². The van der Waals surface area contributed by atoms with Gasteiger partial charge < -0.3 is 9.80 Å². The molecule has 0 radical (unpaired) electrons. The summed E-state index contributed by atoms with van der Waals surface area (Å²) in [5.74, 6) is 0.866. The van der Waals surface area contributed by atoms with Crippen LogP contribution in [0.3, 0.4) is 0 Å². The van der Waals surface area contributed by atoms with Crippen molar-refractivity contribution in [1.82, 2.24) is 9.88 Å². The lowest BCUT2D eigenvalue weighted by Crippen LogP contribution is -2.49. The van der Waals surface area contributed by atoms with Crippen LogP contribution >= 0.6 is 0 Å². The van der Waals surface area contributed by atoms with Crippen LogP contribution in [0.4, 0.5) is 5.82 Å². The maximum absolute atomic E-state index is 12.5. The highest BCUT2D eigenvalue weighted by atomic mass is 16.2. The second-order valence-corrected chi connectivity index (χ2v) is 6.02. The number of anilines is 1. The number of piperazine rings is 1. The quantitative estimate of drug-likeness (QED) is 0.869. The highest BCUT2D eigenvalue weighted by molar-refractivity contribution is 5.79. The first-order valence-corrected chi connectivity index (χ1v) is 8.11. The monoisotopic (exact) mass is 320 g/mol. The van der Waals surface area contributed by atoms with E-state index in [0.717, 1.165) is 5.56 Å². The second-order valence-electron chi connectivity index (χ2n) is 6.02. The molecule has 1 amide bonds. The summed E-state index contributed by atoms with van der Waals surface area (Å²) in [5, 5.41) is 9.19. The van der Waals surface area contributed by atoms with Gasteiger partial charge in [-0.1, -0.05) is 29.8 Å². The standard InChI is InChI=1S/C19H20N4O/c1-15-4-6-16(7-5-15)13-18(24)22-9-11-23(12-10-22)19-17(14-20)3-2-8-21-19/h2-8H,9-13H2,1H3. The van der Waals surface area contributed by atoms with Crippen molar-refractivity contribution in [2.75, 3.05) is 31.1 Å². The van der Waals surface area contributed by atoms with Crippen LogP contribution in [0.25, 0.3) is 0 Å². The molecule has 1 saturated heterocycles. The van der Waals surface area contributed by atoms with E-state index < -0.39 is 0 Å². The SMILES string of the molecule is Cc1ccc(CC(=O)N2CCN(c3ncccc3C#N)CC2)cc1. The Balaban J connectivity index is 1.59. The number of aromatic nitrogens is 1. The fourth-order valence-electron chi connectivity index (χ4n) is 2.90. The van der Waals surface area contributed by atoms with E-state index in [0.29, 0.717) is 44.0 Å². The van der Waals surface area contributed by atoms with Crippen molar-refractivity contribution in [3.8, 4) is 6.07 Å². The summed E-state index contributed by atoms with van der Waals surface area (Å²) in [6, 6.07) is 13.8. The van der Waals surface area contributed by atoms with Gasteiger partial charge in [0.05, 0.1) is 12.0 Å². The van der Waals surface area contributed by atoms with E-state index >= 15 is 0 Å². The summed E-state index contributed by atoms with van der Waals surface area (Å²) >= 11 is 0. The lowest BCUT2D eigenvalue weighted by molar-refractivity contribution is -0.130. The van der Waals surface area contributed by atoms with Gasteiger partial charge in [0, 0.05) is 32.4 Å². The zero-order valence-corrected chi connectivity index (χ0v) is 13.8. The second kappa shape index (κ2) is 7.14. The van der Waals surface area contributed by atoms with Gasteiger partial charge in [-0.3, -0.25) is 4.79 Å². The molecule has 1 aromatic heterocycles. The van der Waals surface area contributed by atoms with Crippen molar-refractivity contribution in [2.45, 2.75) is 13.3 Å². The molecule has 0 saturated carbocycles. The van der Waals surface area contributed by atoms with E-state index in [1.807, 2.05) is 36.1 Å². The molecule has 2 heterocycles. The number of aryl methyl sites for hydroxylation is 1. The third-order valence-electron chi connectivity index (χ3n) is 4.31. The number of benzene rings is 1. The molecule has 1 fully saturated rings. The number of nitrogens with zero attached hydrogens (tertiary/aromatic N) is 4. The smallest absolute Gasteiger partial charge is 0.227 e. The first-order chi connectivity index (χ1) is 11.7. The van der Waals surface area contributed by atoms with E-state index in [1.165, 1.54) is 5.56 Å². The number of nitriles is 1. The Morgan fingerprint density at radius 2 is 1.88 bits per heavy atom. The van der Waals surface area contributed by atoms with Crippen LogP contribution in [-0.4, -0.2) is 42.0 Å². The zero-order valence-electron chi connectivity index (χ0n) is 13.8. The highest BCUT2D eigenvalue weighted by Crippen LogP contribution is 2.18. The van der Waals surface area contributed by atoms with Crippen molar-refractivity contribution in [3.63, 3.8) is 0 Å². The Hall–Kier alpha value is -2.87. The first-order valence-electron chi connectivity index (χ1n) is 8.11. The molecule has 2 aromatic rings. The molecule has 1 aromatic carbocycles. The van der Waals surface area contributed by atoms with E-state index in [1.54, 1.807) is 18.3 Å². The fourth-order valence-corrected chi connectivity index (χ4v) is 2.90. The van der Waals surface area contributed by atoms with Gasteiger partial charge in [0.25, 0.3) is 0 Å². The Labute approximate surface area is 142 Å². The minimum atomic E-state index is 0.153. The highest BCUT2D eigenvalue weighted by Gasteiger charge is 2.23. The summed E-state index contributed by atoms with van der Waals surface area (Å²) in [6.45, 7) is 4.76. The van der Waals surface area contributed by atoms with Crippen LogP contribution in [0.15, 0.2) is 42.6 Å². The number of pyridine rings is 1. The van der Waals surface area contributed by atoms with Crippen LogP contribution in [-0.2, 0) is 11.2 Å². The minimum Gasteiger partial charge on any atom is -0.352 e. The van der Waals surface area contributed by atoms with Crippen molar-refractivity contribution in [1.29, 1.82) is 5.26 Å². The van der Waals surface area contributed by atoms with E-state index in [-0.39, 0.29) is 5.91 Å². The molecule has 5 heteroatoms. The Morgan fingerprint density at radius 1 is 1.17 bits per heavy atom. The molecular weight excluding hydrogens is 300 g/mol. The molecule has 0 bridgehead atoms. The van der Waals surface area contributed by atoms with Crippen LogP contribution < -0.4 is 4.90 Å². The fraction of sp³-hybridized carbons (Fsp3) is 0.316. The first kappa shape index (κ1) is 16.0. The Kier molecular flexibility index (Phi) is 4.76. The van der Waals surface area contributed by atoms with Gasteiger partial charge in [-0.15, -0.1) is 0 Å². The summed E-state index contributed by atoms with van der Waals surface area (Å²) in [4.78, 5) is 20.7. The van der Waals surface area contributed by atoms with E-state index in [9.17, 15) is 10.1 Å². The number of rotatable bonds is 3. The number of amides is 1. The predicted molar refractivity (Wildman–Crippen MR) is 92.6 cm³/mol. The lowest BCUT2D eigenvalue weighted by atomic mass is 10.1. The molecule has 0 aliphatic carbocycles. The van der Waals surface area contributed by atoms with Gasteiger partial charge in [0.2, 0.25) is 5.91 Å². The number of hydrogen-bond acceptors (Lipinski definition) is 4. The molecule has 0 atom stereocenters. The van der Waals surface area contributed by atoms with Crippen molar-refractivity contribution in [2.24, 2.45) is 0 Å². The number of hydrogen-bond donors (Lipinski definition) is 0. The summed E-state index contributed by atoms with van der Waals surface area (Å²) < 4.78 is 0. The van der Waals surface area contributed by atoms with Gasteiger partial charge in [0.1, 0.15) is 11.9 Å². The average Bonchev–Trinajstić information content (AvgIpc) is 2.63. The van der Waals surface area contributed by atoms with Crippen LogP contribution in [0.5, 0.6) is 0 Å². The van der Waals surface area contributed by atoms with Gasteiger partial charge >= 0.3 is 0 Å². The summed E-state index contributed by atoms with van der Waals surface area (Å²) in [7, 11) is 0.